The lowest BCUT2D eigenvalue weighted by Gasteiger charge is -2.01. The van der Waals surface area contributed by atoms with Gasteiger partial charge in [-0.1, -0.05) is 23.5 Å². The minimum absolute atomic E-state index is 0.0113. The summed E-state index contributed by atoms with van der Waals surface area (Å²) < 4.78 is 36.1. The van der Waals surface area contributed by atoms with Crippen LogP contribution >= 0.6 is 11.3 Å². The van der Waals surface area contributed by atoms with Crippen molar-refractivity contribution in [3.05, 3.63) is 53.8 Å². The third-order valence-corrected chi connectivity index (χ3v) is 5.06. The molecule has 9 heteroatoms. The highest BCUT2D eigenvalue weighted by molar-refractivity contribution is 7.89. The minimum atomic E-state index is -3.79. The molecule has 3 N–H and O–H groups in total. The van der Waals surface area contributed by atoms with E-state index in [0.29, 0.717) is 20.9 Å². The van der Waals surface area contributed by atoms with Gasteiger partial charge in [0.2, 0.25) is 15.9 Å². The first kappa shape index (κ1) is 16.5. The Morgan fingerprint density at radius 2 is 1.92 bits per heavy atom. The Balaban J connectivity index is 1.77. The van der Waals surface area contributed by atoms with Gasteiger partial charge in [0.25, 0.3) is 0 Å². The summed E-state index contributed by atoms with van der Waals surface area (Å²) >= 11 is 1.15. The second-order valence-corrected chi connectivity index (χ2v) is 7.64. The molecule has 0 fully saturated rings. The van der Waals surface area contributed by atoms with Crippen LogP contribution in [0, 0.1) is 5.82 Å². The van der Waals surface area contributed by atoms with Gasteiger partial charge in [-0.25, -0.2) is 22.9 Å². The number of nitrogens with zero attached hydrogens (tertiary/aromatic N) is 1. The van der Waals surface area contributed by atoms with E-state index in [2.05, 4.69) is 10.3 Å². The van der Waals surface area contributed by atoms with Gasteiger partial charge in [0.05, 0.1) is 21.5 Å². The summed E-state index contributed by atoms with van der Waals surface area (Å²) in [6.45, 7) is 0. The van der Waals surface area contributed by atoms with Crippen LogP contribution in [0.3, 0.4) is 0 Å². The first-order valence-electron chi connectivity index (χ1n) is 6.79. The van der Waals surface area contributed by atoms with E-state index in [1.54, 1.807) is 0 Å². The van der Waals surface area contributed by atoms with Crippen molar-refractivity contribution < 1.29 is 17.6 Å². The average molecular weight is 365 g/mol. The molecule has 6 nitrogen and oxygen atoms in total. The summed E-state index contributed by atoms with van der Waals surface area (Å²) in [7, 11) is -3.79. The number of benzene rings is 2. The van der Waals surface area contributed by atoms with Crippen molar-refractivity contribution in [1.29, 1.82) is 0 Å². The van der Waals surface area contributed by atoms with Crippen molar-refractivity contribution >= 4 is 42.6 Å². The second-order valence-electron chi connectivity index (χ2n) is 5.04. The molecule has 1 heterocycles. The largest absolute Gasteiger partial charge is 0.302 e. The summed E-state index contributed by atoms with van der Waals surface area (Å²) in [5.74, 6) is -0.664. The summed E-state index contributed by atoms with van der Waals surface area (Å²) in [5.41, 5.74) is 1.23. The zero-order valence-corrected chi connectivity index (χ0v) is 13.8. The average Bonchev–Trinajstić information content (AvgIpc) is 2.89. The standard InChI is InChI=1S/C15H12FN3O3S2/c16-10-3-1-9(2-4-10)7-14(20)19-15-18-12-6-5-11(24(17,21)22)8-13(12)23-15/h1-6,8H,7H2,(H2,17,21,22)(H,18,19,20). The van der Waals surface area contributed by atoms with Crippen LogP contribution in [0.15, 0.2) is 47.4 Å². The van der Waals surface area contributed by atoms with Crippen LogP contribution in [0.2, 0.25) is 0 Å². The number of hydrogen-bond donors (Lipinski definition) is 2. The Kier molecular flexibility index (Phi) is 4.31. The Bertz CT molecular complexity index is 1010. The molecular formula is C15H12FN3O3S2. The van der Waals surface area contributed by atoms with E-state index in [1.165, 1.54) is 42.5 Å². The maximum absolute atomic E-state index is 12.8. The van der Waals surface area contributed by atoms with E-state index in [0.717, 1.165) is 11.3 Å². The summed E-state index contributed by atoms with van der Waals surface area (Å²) in [5, 5.41) is 8.09. The molecule has 0 atom stereocenters. The molecule has 0 unspecified atom stereocenters. The maximum atomic E-state index is 12.8. The van der Waals surface area contributed by atoms with E-state index in [9.17, 15) is 17.6 Å². The fourth-order valence-corrected chi connectivity index (χ4v) is 3.62. The van der Waals surface area contributed by atoms with Crippen LogP contribution in [0.5, 0.6) is 0 Å². The van der Waals surface area contributed by atoms with Crippen LogP contribution in [-0.4, -0.2) is 19.3 Å². The number of amides is 1. The Labute approximate surface area is 141 Å². The quantitative estimate of drug-likeness (QED) is 0.740. The zero-order valence-electron chi connectivity index (χ0n) is 12.2. The minimum Gasteiger partial charge on any atom is -0.302 e. The predicted molar refractivity (Wildman–Crippen MR) is 89.7 cm³/mol. The Hall–Kier alpha value is -2.36. The highest BCUT2D eigenvalue weighted by Gasteiger charge is 2.12. The van der Waals surface area contributed by atoms with Gasteiger partial charge in [-0.2, -0.15) is 0 Å². The molecule has 0 spiro atoms. The first-order valence-corrected chi connectivity index (χ1v) is 9.15. The van der Waals surface area contributed by atoms with Crippen LogP contribution in [0.4, 0.5) is 9.52 Å². The smallest absolute Gasteiger partial charge is 0.238 e. The lowest BCUT2D eigenvalue weighted by Crippen LogP contribution is -2.14. The van der Waals surface area contributed by atoms with Gasteiger partial charge in [0.1, 0.15) is 5.82 Å². The molecule has 1 amide bonds. The van der Waals surface area contributed by atoms with E-state index < -0.39 is 10.0 Å². The molecule has 124 valence electrons. The van der Waals surface area contributed by atoms with Gasteiger partial charge in [-0.3, -0.25) is 4.79 Å². The zero-order chi connectivity index (χ0) is 17.3. The lowest BCUT2D eigenvalue weighted by atomic mass is 10.1. The number of carbonyl (C=O) groups is 1. The number of fused-ring (bicyclic) bond motifs is 1. The number of anilines is 1. The number of carbonyl (C=O) groups excluding carboxylic acids is 1. The Morgan fingerprint density at radius 3 is 2.58 bits per heavy atom. The number of hydrogen-bond acceptors (Lipinski definition) is 5. The molecule has 0 aliphatic rings. The number of rotatable bonds is 4. The fourth-order valence-electron chi connectivity index (χ4n) is 2.09. The molecule has 3 rings (SSSR count). The van der Waals surface area contributed by atoms with Gasteiger partial charge in [-0.15, -0.1) is 0 Å². The third kappa shape index (κ3) is 3.75. The summed E-state index contributed by atoms with van der Waals surface area (Å²) in [6, 6.07) is 9.95. The molecule has 24 heavy (non-hydrogen) atoms. The summed E-state index contributed by atoms with van der Waals surface area (Å²) in [6.07, 6.45) is 0.0820. The Morgan fingerprint density at radius 1 is 1.21 bits per heavy atom. The number of nitrogens with two attached hydrogens (primary N) is 1. The highest BCUT2D eigenvalue weighted by atomic mass is 32.2. The van der Waals surface area contributed by atoms with Gasteiger partial charge < -0.3 is 5.32 Å². The molecule has 0 aliphatic carbocycles. The number of primary sulfonamides is 1. The first-order chi connectivity index (χ1) is 11.3. The van der Waals surface area contributed by atoms with Crippen LogP contribution in [0.25, 0.3) is 10.2 Å². The van der Waals surface area contributed by atoms with Crippen molar-refractivity contribution in [2.75, 3.05) is 5.32 Å². The molecule has 0 saturated carbocycles. The van der Waals surface area contributed by atoms with Crippen molar-refractivity contribution in [1.82, 2.24) is 4.98 Å². The monoisotopic (exact) mass is 365 g/mol. The lowest BCUT2D eigenvalue weighted by molar-refractivity contribution is -0.115. The summed E-state index contributed by atoms with van der Waals surface area (Å²) in [4.78, 5) is 16.2. The third-order valence-electron chi connectivity index (χ3n) is 3.21. The maximum Gasteiger partial charge on any atom is 0.238 e. The molecule has 2 aromatic carbocycles. The number of sulfonamides is 1. The molecule has 1 aromatic heterocycles. The second kappa shape index (κ2) is 6.27. The van der Waals surface area contributed by atoms with Gasteiger partial charge in [0.15, 0.2) is 5.13 Å². The highest BCUT2D eigenvalue weighted by Crippen LogP contribution is 2.28. The predicted octanol–water partition coefficient (Wildman–Crippen LogP) is 2.26. The molecule has 3 aromatic rings. The normalized spacial score (nSPS) is 11.6. The van der Waals surface area contributed by atoms with E-state index in [1.807, 2.05) is 0 Å². The van der Waals surface area contributed by atoms with Crippen LogP contribution < -0.4 is 10.5 Å². The van der Waals surface area contributed by atoms with Crippen molar-refractivity contribution in [3.8, 4) is 0 Å². The van der Waals surface area contributed by atoms with E-state index in [-0.39, 0.29) is 23.0 Å². The van der Waals surface area contributed by atoms with Crippen molar-refractivity contribution in [3.63, 3.8) is 0 Å². The van der Waals surface area contributed by atoms with Crippen molar-refractivity contribution in [2.45, 2.75) is 11.3 Å². The molecular weight excluding hydrogens is 353 g/mol. The van der Waals surface area contributed by atoms with Crippen molar-refractivity contribution in [2.24, 2.45) is 5.14 Å². The number of nitrogens with one attached hydrogen (secondary N) is 1. The van der Waals surface area contributed by atoms with E-state index >= 15 is 0 Å². The van der Waals surface area contributed by atoms with Gasteiger partial charge in [0, 0.05) is 0 Å². The number of thiazole rings is 1. The van der Waals surface area contributed by atoms with Gasteiger partial charge >= 0.3 is 0 Å². The topological polar surface area (TPSA) is 102 Å². The molecule has 0 aliphatic heterocycles. The van der Waals surface area contributed by atoms with Gasteiger partial charge in [-0.05, 0) is 35.9 Å². The number of halogens is 1. The molecule has 0 radical (unpaired) electrons. The number of aromatic nitrogens is 1. The molecule has 0 saturated heterocycles. The SMILES string of the molecule is NS(=O)(=O)c1ccc2nc(NC(=O)Cc3ccc(F)cc3)sc2c1. The molecule has 0 bridgehead atoms. The van der Waals surface area contributed by atoms with Crippen LogP contribution in [-0.2, 0) is 21.2 Å². The fraction of sp³-hybridized carbons (Fsp3) is 0.0667. The van der Waals surface area contributed by atoms with E-state index in [4.69, 9.17) is 5.14 Å². The van der Waals surface area contributed by atoms with Crippen LogP contribution in [0.1, 0.15) is 5.56 Å².